The summed E-state index contributed by atoms with van der Waals surface area (Å²) in [4.78, 5) is 21.1. The Bertz CT molecular complexity index is 864. The van der Waals surface area contributed by atoms with Crippen LogP contribution in [-0.4, -0.2) is 26.1 Å². The van der Waals surface area contributed by atoms with E-state index in [1.165, 1.54) is 0 Å². The van der Waals surface area contributed by atoms with Crippen molar-refractivity contribution < 1.29 is 4.79 Å². The second-order valence-corrected chi connectivity index (χ2v) is 5.18. The maximum atomic E-state index is 12.2. The molecule has 0 bridgehead atoms. The van der Waals surface area contributed by atoms with Crippen molar-refractivity contribution in [1.29, 1.82) is 0 Å². The van der Waals surface area contributed by atoms with Gasteiger partial charge in [-0.2, -0.15) is 0 Å². The minimum Gasteiger partial charge on any atom is -0.305 e. The summed E-state index contributed by atoms with van der Waals surface area (Å²) in [5.74, 6) is 0.0409. The Balaban J connectivity index is 1.90. The number of halogens is 1. The average Bonchev–Trinajstić information content (AvgIpc) is 2.50. The number of benzene rings is 1. The van der Waals surface area contributed by atoms with Gasteiger partial charge in [0.15, 0.2) is 11.0 Å². The van der Waals surface area contributed by atoms with Crippen LogP contribution in [0.1, 0.15) is 21.7 Å². The molecule has 0 atom stereocenters. The highest BCUT2D eigenvalue weighted by Gasteiger charge is 2.10. The molecule has 1 aromatic carbocycles. The van der Waals surface area contributed by atoms with E-state index in [4.69, 9.17) is 11.6 Å². The molecule has 0 aliphatic heterocycles. The van der Waals surface area contributed by atoms with E-state index in [0.717, 1.165) is 16.9 Å². The van der Waals surface area contributed by atoms with Gasteiger partial charge in [-0.25, -0.2) is 9.97 Å². The fourth-order valence-corrected chi connectivity index (χ4v) is 2.04. The number of anilines is 1. The van der Waals surface area contributed by atoms with Crippen LogP contribution < -0.4 is 5.32 Å². The first-order valence-electron chi connectivity index (χ1n) is 6.58. The van der Waals surface area contributed by atoms with Crippen molar-refractivity contribution >= 4 is 34.4 Å². The third-order valence-electron chi connectivity index (χ3n) is 3.21. The summed E-state index contributed by atoms with van der Waals surface area (Å²) >= 11 is 5.66. The van der Waals surface area contributed by atoms with Gasteiger partial charge < -0.3 is 5.32 Å². The van der Waals surface area contributed by atoms with Gasteiger partial charge in [0.2, 0.25) is 0 Å². The molecular formula is C15H12ClN5O. The number of nitrogens with zero attached hydrogens (tertiary/aromatic N) is 4. The summed E-state index contributed by atoms with van der Waals surface area (Å²) in [5.41, 5.74) is 3.63. The lowest BCUT2D eigenvalue weighted by Gasteiger charge is -2.06. The quantitative estimate of drug-likeness (QED) is 0.786. The molecular weight excluding hydrogens is 302 g/mol. The lowest BCUT2D eigenvalue weighted by atomic mass is 10.1. The number of amides is 1. The lowest BCUT2D eigenvalue weighted by Crippen LogP contribution is -2.13. The van der Waals surface area contributed by atoms with Crippen molar-refractivity contribution in [1.82, 2.24) is 20.2 Å². The van der Waals surface area contributed by atoms with Gasteiger partial charge in [-0.15, -0.1) is 10.2 Å². The van der Waals surface area contributed by atoms with E-state index in [1.54, 1.807) is 30.3 Å². The highest BCUT2D eigenvalue weighted by molar-refractivity contribution is 6.29. The van der Waals surface area contributed by atoms with Crippen LogP contribution in [0.2, 0.25) is 5.15 Å². The predicted molar refractivity (Wildman–Crippen MR) is 84.0 cm³/mol. The van der Waals surface area contributed by atoms with E-state index in [1.807, 2.05) is 13.8 Å². The van der Waals surface area contributed by atoms with E-state index < -0.39 is 0 Å². The van der Waals surface area contributed by atoms with Gasteiger partial charge in [-0.1, -0.05) is 11.6 Å². The zero-order chi connectivity index (χ0) is 15.7. The van der Waals surface area contributed by atoms with Crippen molar-refractivity contribution in [3.05, 3.63) is 52.4 Å². The number of aryl methyl sites for hydroxylation is 2. The van der Waals surface area contributed by atoms with Gasteiger partial charge in [0.1, 0.15) is 0 Å². The first kappa shape index (κ1) is 14.3. The van der Waals surface area contributed by atoms with Crippen molar-refractivity contribution in [2.45, 2.75) is 13.8 Å². The van der Waals surface area contributed by atoms with Gasteiger partial charge in [0.05, 0.1) is 22.4 Å². The highest BCUT2D eigenvalue weighted by Crippen LogP contribution is 2.15. The number of fused-ring (bicyclic) bond motifs is 1. The van der Waals surface area contributed by atoms with Crippen molar-refractivity contribution in [3.8, 4) is 0 Å². The van der Waals surface area contributed by atoms with Crippen LogP contribution in [0, 0.1) is 13.8 Å². The molecule has 0 aliphatic carbocycles. The Kier molecular flexibility index (Phi) is 3.68. The second-order valence-electron chi connectivity index (χ2n) is 4.79. The smallest absolute Gasteiger partial charge is 0.256 e. The standard InChI is InChI=1S/C15H12ClN5O/c1-8-9(2)18-12-7-10(3-4-11(12)17-8)15(22)19-14-6-5-13(16)20-21-14/h3-7H,1-2H3,(H,19,21,22). The van der Waals surface area contributed by atoms with E-state index in [2.05, 4.69) is 25.5 Å². The number of nitrogens with one attached hydrogen (secondary N) is 1. The van der Waals surface area contributed by atoms with Crippen LogP contribution in [0.4, 0.5) is 5.82 Å². The molecule has 22 heavy (non-hydrogen) atoms. The van der Waals surface area contributed by atoms with E-state index >= 15 is 0 Å². The Morgan fingerprint density at radius 3 is 2.41 bits per heavy atom. The molecule has 2 aromatic heterocycles. The molecule has 1 amide bonds. The minimum absolute atomic E-state index is 0.268. The molecule has 1 N–H and O–H groups in total. The minimum atomic E-state index is -0.293. The molecule has 0 aliphatic rings. The third kappa shape index (κ3) is 2.87. The largest absolute Gasteiger partial charge is 0.305 e. The number of carbonyl (C=O) groups is 1. The van der Waals surface area contributed by atoms with Crippen LogP contribution in [0.5, 0.6) is 0 Å². The second kappa shape index (κ2) is 5.65. The fourth-order valence-electron chi connectivity index (χ4n) is 1.94. The summed E-state index contributed by atoms with van der Waals surface area (Å²) in [6.07, 6.45) is 0. The molecule has 110 valence electrons. The zero-order valence-electron chi connectivity index (χ0n) is 12.0. The summed E-state index contributed by atoms with van der Waals surface area (Å²) < 4.78 is 0. The van der Waals surface area contributed by atoms with Crippen molar-refractivity contribution in [2.24, 2.45) is 0 Å². The monoisotopic (exact) mass is 313 g/mol. The number of aromatic nitrogens is 4. The van der Waals surface area contributed by atoms with Crippen molar-refractivity contribution in [3.63, 3.8) is 0 Å². The van der Waals surface area contributed by atoms with E-state index in [-0.39, 0.29) is 11.1 Å². The predicted octanol–water partition coefficient (Wildman–Crippen LogP) is 2.94. The number of rotatable bonds is 2. The van der Waals surface area contributed by atoms with E-state index in [9.17, 15) is 4.79 Å². The van der Waals surface area contributed by atoms with Crippen molar-refractivity contribution in [2.75, 3.05) is 5.32 Å². The molecule has 7 heteroatoms. The summed E-state index contributed by atoms with van der Waals surface area (Å²) in [6.45, 7) is 3.79. The zero-order valence-corrected chi connectivity index (χ0v) is 12.7. The summed E-state index contributed by atoms with van der Waals surface area (Å²) in [5, 5.41) is 10.4. The normalized spacial score (nSPS) is 10.7. The summed E-state index contributed by atoms with van der Waals surface area (Å²) in [7, 11) is 0. The Labute approximate surface area is 131 Å². The average molecular weight is 314 g/mol. The number of hydrogen-bond donors (Lipinski definition) is 1. The molecule has 0 spiro atoms. The van der Waals surface area contributed by atoms with Crippen LogP contribution >= 0.6 is 11.6 Å². The van der Waals surface area contributed by atoms with Crippen LogP contribution in [0.3, 0.4) is 0 Å². The van der Waals surface area contributed by atoms with Crippen LogP contribution in [-0.2, 0) is 0 Å². The molecule has 0 radical (unpaired) electrons. The molecule has 3 rings (SSSR count). The fraction of sp³-hybridized carbons (Fsp3) is 0.133. The van der Waals surface area contributed by atoms with Gasteiger partial charge in [-0.3, -0.25) is 4.79 Å². The van der Waals surface area contributed by atoms with E-state index in [0.29, 0.717) is 16.9 Å². The molecule has 2 heterocycles. The molecule has 0 saturated carbocycles. The van der Waals surface area contributed by atoms with Gasteiger partial charge in [0, 0.05) is 5.56 Å². The topological polar surface area (TPSA) is 80.7 Å². The van der Waals surface area contributed by atoms with Gasteiger partial charge in [0.25, 0.3) is 5.91 Å². The molecule has 0 fully saturated rings. The Morgan fingerprint density at radius 2 is 1.73 bits per heavy atom. The lowest BCUT2D eigenvalue weighted by molar-refractivity contribution is 0.102. The molecule has 0 saturated heterocycles. The first-order valence-corrected chi connectivity index (χ1v) is 6.96. The van der Waals surface area contributed by atoms with Crippen LogP contribution in [0.15, 0.2) is 30.3 Å². The van der Waals surface area contributed by atoms with Gasteiger partial charge >= 0.3 is 0 Å². The number of carbonyl (C=O) groups excluding carboxylic acids is 1. The molecule has 3 aromatic rings. The van der Waals surface area contributed by atoms with Crippen LogP contribution in [0.25, 0.3) is 11.0 Å². The third-order valence-corrected chi connectivity index (χ3v) is 3.41. The highest BCUT2D eigenvalue weighted by atomic mass is 35.5. The first-order chi connectivity index (χ1) is 10.5. The maximum absolute atomic E-state index is 12.2. The maximum Gasteiger partial charge on any atom is 0.256 e. The molecule has 6 nitrogen and oxygen atoms in total. The Hall–Kier alpha value is -2.60. The summed E-state index contributed by atoms with van der Waals surface area (Å²) in [6, 6.07) is 8.32. The Morgan fingerprint density at radius 1 is 1.00 bits per heavy atom. The SMILES string of the molecule is Cc1nc2ccc(C(=O)Nc3ccc(Cl)nn3)cc2nc1C. The molecule has 0 unspecified atom stereocenters. The number of hydrogen-bond acceptors (Lipinski definition) is 5. The van der Waals surface area contributed by atoms with Gasteiger partial charge in [-0.05, 0) is 44.2 Å².